The van der Waals surface area contributed by atoms with E-state index in [2.05, 4.69) is 40.4 Å². The highest BCUT2D eigenvalue weighted by atomic mass is 16.2. The SMILES string of the molecule is Cc1ccc(NN(C=O)Cc2cc(CN3CCN(C(=O)C(C)C)CC3)ccc2C)cn1. The van der Waals surface area contributed by atoms with Crippen molar-refractivity contribution in [2.75, 3.05) is 31.6 Å². The molecule has 31 heavy (non-hydrogen) atoms. The van der Waals surface area contributed by atoms with Crippen molar-refractivity contribution in [3.8, 4) is 0 Å². The molecule has 2 amide bonds. The molecule has 0 bridgehead atoms. The molecule has 1 fully saturated rings. The molecule has 0 saturated carbocycles. The maximum absolute atomic E-state index is 12.2. The molecule has 1 aliphatic heterocycles. The van der Waals surface area contributed by atoms with E-state index in [-0.39, 0.29) is 11.8 Å². The molecular formula is C24H33N5O2. The van der Waals surface area contributed by atoms with Crippen LogP contribution in [0.25, 0.3) is 0 Å². The molecule has 7 heteroatoms. The van der Waals surface area contributed by atoms with E-state index >= 15 is 0 Å². The molecule has 3 rings (SSSR count). The molecule has 1 N–H and O–H groups in total. The van der Waals surface area contributed by atoms with E-state index in [0.29, 0.717) is 6.54 Å². The monoisotopic (exact) mass is 423 g/mol. The number of aromatic nitrogens is 1. The highest BCUT2D eigenvalue weighted by molar-refractivity contribution is 5.78. The predicted molar refractivity (Wildman–Crippen MR) is 122 cm³/mol. The Kier molecular flexibility index (Phi) is 7.63. The van der Waals surface area contributed by atoms with Crippen LogP contribution in [0, 0.1) is 19.8 Å². The van der Waals surface area contributed by atoms with Gasteiger partial charge < -0.3 is 4.90 Å². The fourth-order valence-corrected chi connectivity index (χ4v) is 3.73. The van der Waals surface area contributed by atoms with Crippen LogP contribution in [-0.2, 0) is 22.7 Å². The van der Waals surface area contributed by atoms with Gasteiger partial charge in [-0.1, -0.05) is 32.0 Å². The van der Waals surface area contributed by atoms with Crippen LogP contribution in [0.15, 0.2) is 36.5 Å². The number of carbonyl (C=O) groups excluding carboxylic acids is 2. The number of aryl methyl sites for hydroxylation is 2. The first-order valence-electron chi connectivity index (χ1n) is 10.9. The molecule has 1 aliphatic rings. The minimum absolute atomic E-state index is 0.0521. The Balaban J connectivity index is 1.60. The Morgan fingerprint density at radius 3 is 2.52 bits per heavy atom. The Hall–Kier alpha value is -2.93. The van der Waals surface area contributed by atoms with Crippen LogP contribution in [0.2, 0.25) is 0 Å². The third-order valence-electron chi connectivity index (χ3n) is 5.65. The number of pyridine rings is 1. The number of nitrogens with zero attached hydrogens (tertiary/aromatic N) is 4. The Bertz CT molecular complexity index is 889. The van der Waals surface area contributed by atoms with E-state index in [0.717, 1.165) is 61.6 Å². The van der Waals surface area contributed by atoms with Gasteiger partial charge in [0.2, 0.25) is 12.3 Å². The van der Waals surface area contributed by atoms with Crippen molar-refractivity contribution in [2.24, 2.45) is 5.92 Å². The third kappa shape index (κ3) is 6.28. The van der Waals surface area contributed by atoms with Crippen molar-refractivity contribution < 1.29 is 9.59 Å². The molecule has 0 radical (unpaired) electrons. The van der Waals surface area contributed by atoms with Crippen LogP contribution >= 0.6 is 0 Å². The number of nitrogens with one attached hydrogen (secondary N) is 1. The Morgan fingerprint density at radius 1 is 1.16 bits per heavy atom. The minimum atomic E-state index is 0.0521. The predicted octanol–water partition coefficient (Wildman–Crippen LogP) is 2.98. The molecule has 1 aromatic carbocycles. The number of rotatable bonds is 8. The first kappa shape index (κ1) is 22.7. The summed E-state index contributed by atoms with van der Waals surface area (Å²) in [6, 6.07) is 10.2. The van der Waals surface area contributed by atoms with Crippen LogP contribution < -0.4 is 5.43 Å². The number of anilines is 1. The van der Waals surface area contributed by atoms with E-state index in [1.807, 2.05) is 37.8 Å². The second kappa shape index (κ2) is 10.4. The summed E-state index contributed by atoms with van der Waals surface area (Å²) in [4.78, 5) is 32.4. The lowest BCUT2D eigenvalue weighted by Crippen LogP contribution is -2.49. The van der Waals surface area contributed by atoms with Gasteiger partial charge >= 0.3 is 0 Å². The summed E-state index contributed by atoms with van der Waals surface area (Å²) in [5, 5.41) is 1.54. The fraction of sp³-hybridized carbons (Fsp3) is 0.458. The average molecular weight is 424 g/mol. The van der Waals surface area contributed by atoms with Crippen LogP contribution in [0.1, 0.15) is 36.2 Å². The van der Waals surface area contributed by atoms with E-state index < -0.39 is 0 Å². The summed E-state index contributed by atoms with van der Waals surface area (Å²) in [5.41, 5.74) is 8.28. The normalized spacial score (nSPS) is 14.5. The number of benzene rings is 1. The lowest BCUT2D eigenvalue weighted by molar-refractivity contribution is -0.136. The number of amides is 2. The number of hydrazine groups is 1. The molecule has 166 valence electrons. The van der Waals surface area contributed by atoms with Gasteiger partial charge in [0.1, 0.15) is 0 Å². The molecule has 0 aliphatic carbocycles. The van der Waals surface area contributed by atoms with E-state index in [4.69, 9.17) is 0 Å². The lowest BCUT2D eigenvalue weighted by Gasteiger charge is -2.35. The molecule has 1 saturated heterocycles. The fourth-order valence-electron chi connectivity index (χ4n) is 3.73. The van der Waals surface area contributed by atoms with Crippen LogP contribution in [-0.4, -0.2) is 58.3 Å². The minimum Gasteiger partial charge on any atom is -0.340 e. The van der Waals surface area contributed by atoms with E-state index in [9.17, 15) is 9.59 Å². The maximum Gasteiger partial charge on any atom is 0.228 e. The maximum atomic E-state index is 12.2. The summed E-state index contributed by atoms with van der Waals surface area (Å²) in [6.45, 7) is 12.5. The van der Waals surface area contributed by atoms with E-state index in [1.165, 1.54) is 10.6 Å². The lowest BCUT2D eigenvalue weighted by atomic mass is 10.0. The van der Waals surface area contributed by atoms with Crippen molar-refractivity contribution in [2.45, 2.75) is 40.8 Å². The second-order valence-corrected chi connectivity index (χ2v) is 8.55. The van der Waals surface area contributed by atoms with Crippen molar-refractivity contribution in [1.29, 1.82) is 0 Å². The molecule has 7 nitrogen and oxygen atoms in total. The van der Waals surface area contributed by atoms with Gasteiger partial charge in [-0.3, -0.25) is 29.9 Å². The Labute approximate surface area is 185 Å². The van der Waals surface area contributed by atoms with Crippen molar-refractivity contribution in [3.63, 3.8) is 0 Å². The standard InChI is InChI=1S/C24H33N5O2/c1-18(2)24(31)28-11-9-27(10-12-28)15-21-7-5-19(3)22(13-21)16-29(17-30)26-23-8-6-20(4)25-14-23/h5-8,13-14,17-18,26H,9-12,15-16H2,1-4H3. The largest absolute Gasteiger partial charge is 0.340 e. The number of carbonyl (C=O) groups is 2. The van der Waals surface area contributed by atoms with Crippen molar-refractivity contribution in [3.05, 3.63) is 58.9 Å². The number of hydrogen-bond acceptors (Lipinski definition) is 5. The molecule has 1 aromatic heterocycles. The van der Waals surface area contributed by atoms with Gasteiger partial charge in [0.05, 0.1) is 18.4 Å². The summed E-state index contributed by atoms with van der Waals surface area (Å²) in [5.74, 6) is 0.291. The summed E-state index contributed by atoms with van der Waals surface area (Å²) < 4.78 is 0. The smallest absolute Gasteiger partial charge is 0.228 e. The highest BCUT2D eigenvalue weighted by Crippen LogP contribution is 2.17. The van der Waals surface area contributed by atoms with Crippen LogP contribution in [0.4, 0.5) is 5.69 Å². The zero-order chi connectivity index (χ0) is 22.4. The molecular weight excluding hydrogens is 390 g/mol. The molecule has 0 atom stereocenters. The second-order valence-electron chi connectivity index (χ2n) is 8.55. The van der Waals surface area contributed by atoms with Gasteiger partial charge in [0.15, 0.2) is 0 Å². The topological polar surface area (TPSA) is 68.8 Å². The molecule has 2 aromatic rings. The quantitative estimate of drug-likeness (QED) is 0.522. The first-order valence-corrected chi connectivity index (χ1v) is 10.9. The number of piperazine rings is 1. The van der Waals surface area contributed by atoms with Gasteiger partial charge in [0, 0.05) is 44.3 Å². The van der Waals surface area contributed by atoms with Crippen LogP contribution in [0.3, 0.4) is 0 Å². The summed E-state index contributed by atoms with van der Waals surface area (Å²) >= 11 is 0. The van der Waals surface area contributed by atoms with Gasteiger partial charge in [-0.25, -0.2) is 0 Å². The van der Waals surface area contributed by atoms with Gasteiger partial charge in [-0.15, -0.1) is 0 Å². The molecule has 0 spiro atoms. The third-order valence-corrected chi connectivity index (χ3v) is 5.65. The Morgan fingerprint density at radius 2 is 1.90 bits per heavy atom. The number of hydrogen-bond donors (Lipinski definition) is 1. The van der Waals surface area contributed by atoms with E-state index in [1.54, 1.807) is 6.20 Å². The zero-order valence-corrected chi connectivity index (χ0v) is 19.0. The van der Waals surface area contributed by atoms with Gasteiger partial charge in [-0.05, 0) is 42.7 Å². The van der Waals surface area contributed by atoms with Gasteiger partial charge in [0.25, 0.3) is 0 Å². The van der Waals surface area contributed by atoms with Crippen molar-refractivity contribution >= 4 is 18.0 Å². The average Bonchev–Trinajstić information content (AvgIpc) is 2.77. The zero-order valence-electron chi connectivity index (χ0n) is 19.0. The van der Waals surface area contributed by atoms with Crippen molar-refractivity contribution in [1.82, 2.24) is 19.8 Å². The summed E-state index contributed by atoms with van der Waals surface area (Å²) in [6.07, 6.45) is 2.52. The molecule has 0 unspecified atom stereocenters. The summed E-state index contributed by atoms with van der Waals surface area (Å²) in [7, 11) is 0. The van der Waals surface area contributed by atoms with Gasteiger partial charge in [-0.2, -0.15) is 0 Å². The van der Waals surface area contributed by atoms with Crippen LogP contribution in [0.5, 0.6) is 0 Å². The highest BCUT2D eigenvalue weighted by Gasteiger charge is 2.22. The molecule has 2 heterocycles. The first-order chi connectivity index (χ1) is 14.9.